The molecule has 2 heterocycles. The van der Waals surface area contributed by atoms with Gasteiger partial charge in [-0.15, -0.1) is 0 Å². The molecule has 0 bridgehead atoms. The monoisotopic (exact) mass is 281 g/mol. The maximum atomic E-state index is 2.79. The highest BCUT2D eigenvalue weighted by atomic mass is 15.2. The maximum Gasteiger partial charge on any atom is 0.0351 e. The zero-order valence-corrected chi connectivity index (χ0v) is 13.0. The Bertz CT molecular complexity index is 501. The summed E-state index contributed by atoms with van der Waals surface area (Å²) in [6, 6.07) is 11.2. The zero-order chi connectivity index (χ0) is 14.1. The SMILES string of the molecule is C1=CC(c2ccc(C3CCC4CCCCN43)cc2)CCC1. The molecule has 4 rings (SSSR count). The van der Waals surface area contributed by atoms with Gasteiger partial charge in [-0.1, -0.05) is 42.8 Å². The lowest BCUT2D eigenvalue weighted by atomic mass is 9.88. The Morgan fingerprint density at radius 2 is 1.67 bits per heavy atom. The van der Waals surface area contributed by atoms with Gasteiger partial charge >= 0.3 is 0 Å². The van der Waals surface area contributed by atoms with Gasteiger partial charge in [0.2, 0.25) is 0 Å². The maximum absolute atomic E-state index is 2.79. The van der Waals surface area contributed by atoms with Crippen molar-refractivity contribution in [2.24, 2.45) is 0 Å². The number of rotatable bonds is 2. The number of nitrogens with zero attached hydrogens (tertiary/aromatic N) is 1. The van der Waals surface area contributed by atoms with E-state index in [1.165, 1.54) is 63.5 Å². The molecule has 3 atom stereocenters. The largest absolute Gasteiger partial charge is 0.293 e. The van der Waals surface area contributed by atoms with Gasteiger partial charge in [0, 0.05) is 18.0 Å². The lowest BCUT2D eigenvalue weighted by Gasteiger charge is -2.34. The summed E-state index contributed by atoms with van der Waals surface area (Å²) in [5, 5.41) is 0. The lowest BCUT2D eigenvalue weighted by Crippen LogP contribution is -2.35. The number of piperidine rings is 1. The Hall–Kier alpha value is -1.08. The van der Waals surface area contributed by atoms with Crippen LogP contribution in [0, 0.1) is 0 Å². The first-order valence-corrected chi connectivity index (χ1v) is 8.94. The molecule has 21 heavy (non-hydrogen) atoms. The van der Waals surface area contributed by atoms with Gasteiger partial charge in [0.15, 0.2) is 0 Å². The molecule has 2 fully saturated rings. The third kappa shape index (κ3) is 2.68. The fourth-order valence-electron chi connectivity index (χ4n) is 4.67. The van der Waals surface area contributed by atoms with Gasteiger partial charge in [-0.05, 0) is 62.6 Å². The van der Waals surface area contributed by atoms with Crippen LogP contribution >= 0.6 is 0 Å². The first kappa shape index (κ1) is 13.6. The smallest absolute Gasteiger partial charge is 0.0351 e. The average Bonchev–Trinajstić information content (AvgIpc) is 3.00. The quantitative estimate of drug-likeness (QED) is 0.673. The Balaban J connectivity index is 1.51. The molecule has 0 saturated carbocycles. The predicted molar refractivity (Wildman–Crippen MR) is 88.5 cm³/mol. The predicted octanol–water partition coefficient (Wildman–Crippen LogP) is 5.20. The van der Waals surface area contributed by atoms with Gasteiger partial charge in [0.1, 0.15) is 0 Å². The summed E-state index contributed by atoms with van der Waals surface area (Å²) in [7, 11) is 0. The average molecular weight is 281 g/mol. The van der Waals surface area contributed by atoms with E-state index in [4.69, 9.17) is 0 Å². The van der Waals surface area contributed by atoms with Crippen LogP contribution in [0.5, 0.6) is 0 Å². The van der Waals surface area contributed by atoms with Gasteiger partial charge in [-0.25, -0.2) is 0 Å². The van der Waals surface area contributed by atoms with Crippen molar-refractivity contribution in [1.82, 2.24) is 4.90 Å². The first-order chi connectivity index (χ1) is 10.4. The van der Waals surface area contributed by atoms with Gasteiger partial charge < -0.3 is 0 Å². The van der Waals surface area contributed by atoms with Crippen LogP contribution in [0.25, 0.3) is 0 Å². The molecule has 112 valence electrons. The Morgan fingerprint density at radius 3 is 2.48 bits per heavy atom. The molecule has 0 spiro atoms. The van der Waals surface area contributed by atoms with E-state index in [0.717, 1.165) is 6.04 Å². The van der Waals surface area contributed by atoms with E-state index < -0.39 is 0 Å². The lowest BCUT2D eigenvalue weighted by molar-refractivity contribution is 0.150. The van der Waals surface area contributed by atoms with Crippen LogP contribution in [0.4, 0.5) is 0 Å². The van der Waals surface area contributed by atoms with Crippen molar-refractivity contribution in [2.75, 3.05) is 6.54 Å². The molecule has 0 N–H and O–H groups in total. The molecule has 1 heteroatoms. The van der Waals surface area contributed by atoms with Crippen LogP contribution in [0.2, 0.25) is 0 Å². The van der Waals surface area contributed by atoms with Crippen LogP contribution < -0.4 is 0 Å². The van der Waals surface area contributed by atoms with Crippen LogP contribution in [0.1, 0.15) is 74.5 Å². The van der Waals surface area contributed by atoms with E-state index in [2.05, 4.69) is 41.3 Å². The molecule has 2 aliphatic heterocycles. The number of hydrogen-bond donors (Lipinski definition) is 0. The van der Waals surface area contributed by atoms with E-state index >= 15 is 0 Å². The van der Waals surface area contributed by atoms with Crippen LogP contribution in [0.3, 0.4) is 0 Å². The number of fused-ring (bicyclic) bond motifs is 1. The van der Waals surface area contributed by atoms with Gasteiger partial charge in [-0.2, -0.15) is 0 Å². The standard InChI is InChI=1S/C20H27N/c1-2-6-16(7-3-1)17-9-11-18(12-10-17)20-14-13-19-8-4-5-15-21(19)20/h2,6,9-12,16,19-20H,1,3-5,7-8,13-15H2. The summed E-state index contributed by atoms with van der Waals surface area (Å²) in [6.07, 6.45) is 15.8. The van der Waals surface area contributed by atoms with E-state index in [-0.39, 0.29) is 0 Å². The van der Waals surface area contributed by atoms with Gasteiger partial charge in [0.05, 0.1) is 0 Å². The van der Waals surface area contributed by atoms with Crippen molar-refractivity contribution in [3.05, 3.63) is 47.5 Å². The summed E-state index contributed by atoms with van der Waals surface area (Å²) in [6.45, 7) is 1.32. The molecular formula is C20H27N. The van der Waals surface area contributed by atoms with E-state index in [0.29, 0.717) is 12.0 Å². The molecule has 1 nitrogen and oxygen atoms in total. The second kappa shape index (κ2) is 5.96. The van der Waals surface area contributed by atoms with Crippen LogP contribution in [-0.2, 0) is 0 Å². The molecule has 2 saturated heterocycles. The van der Waals surface area contributed by atoms with Crippen molar-refractivity contribution in [3.63, 3.8) is 0 Å². The Morgan fingerprint density at radius 1 is 0.810 bits per heavy atom. The molecule has 0 aromatic heterocycles. The van der Waals surface area contributed by atoms with Crippen molar-refractivity contribution in [2.45, 2.75) is 69.4 Å². The van der Waals surface area contributed by atoms with E-state index in [1.807, 2.05) is 0 Å². The number of hydrogen-bond acceptors (Lipinski definition) is 1. The highest BCUT2D eigenvalue weighted by Crippen LogP contribution is 2.40. The molecular weight excluding hydrogens is 254 g/mol. The Labute approximate surface area is 129 Å². The van der Waals surface area contributed by atoms with E-state index in [1.54, 1.807) is 5.56 Å². The van der Waals surface area contributed by atoms with Gasteiger partial charge in [-0.3, -0.25) is 4.90 Å². The molecule has 3 aliphatic rings. The van der Waals surface area contributed by atoms with Crippen LogP contribution in [-0.4, -0.2) is 17.5 Å². The number of benzene rings is 1. The highest BCUT2D eigenvalue weighted by Gasteiger charge is 2.35. The Kier molecular flexibility index (Phi) is 3.85. The summed E-state index contributed by atoms with van der Waals surface area (Å²) in [4.78, 5) is 2.79. The van der Waals surface area contributed by atoms with Crippen LogP contribution in [0.15, 0.2) is 36.4 Å². The van der Waals surface area contributed by atoms with Gasteiger partial charge in [0.25, 0.3) is 0 Å². The highest BCUT2D eigenvalue weighted by molar-refractivity contribution is 5.31. The second-order valence-electron chi connectivity index (χ2n) is 7.11. The minimum Gasteiger partial charge on any atom is -0.293 e. The van der Waals surface area contributed by atoms with Crippen molar-refractivity contribution in [3.8, 4) is 0 Å². The first-order valence-electron chi connectivity index (χ1n) is 8.94. The summed E-state index contributed by atoms with van der Waals surface area (Å²) in [5.41, 5.74) is 3.07. The zero-order valence-electron chi connectivity index (χ0n) is 13.0. The normalized spacial score (nSPS) is 33.0. The summed E-state index contributed by atoms with van der Waals surface area (Å²) < 4.78 is 0. The fourth-order valence-corrected chi connectivity index (χ4v) is 4.67. The minimum atomic E-state index is 0.666. The molecule has 1 aliphatic carbocycles. The summed E-state index contributed by atoms with van der Waals surface area (Å²) >= 11 is 0. The summed E-state index contributed by atoms with van der Waals surface area (Å²) in [5.74, 6) is 0.666. The fraction of sp³-hybridized carbons (Fsp3) is 0.600. The second-order valence-corrected chi connectivity index (χ2v) is 7.11. The molecule has 0 radical (unpaired) electrons. The molecule has 1 aromatic rings. The topological polar surface area (TPSA) is 3.24 Å². The minimum absolute atomic E-state index is 0.666. The van der Waals surface area contributed by atoms with Crippen molar-refractivity contribution in [1.29, 1.82) is 0 Å². The van der Waals surface area contributed by atoms with E-state index in [9.17, 15) is 0 Å². The molecule has 0 amide bonds. The third-order valence-corrected chi connectivity index (χ3v) is 5.85. The van der Waals surface area contributed by atoms with Crippen molar-refractivity contribution < 1.29 is 0 Å². The third-order valence-electron chi connectivity index (χ3n) is 5.85. The van der Waals surface area contributed by atoms with Crippen molar-refractivity contribution >= 4 is 0 Å². The number of allylic oxidation sites excluding steroid dienone is 2. The molecule has 1 aromatic carbocycles. The molecule has 3 unspecified atom stereocenters.